The van der Waals surface area contributed by atoms with Gasteiger partial charge in [-0.25, -0.2) is 9.97 Å². The highest BCUT2D eigenvalue weighted by molar-refractivity contribution is 7.99. The van der Waals surface area contributed by atoms with Crippen molar-refractivity contribution in [1.29, 1.82) is 0 Å². The maximum atomic E-state index is 12.3. The molecule has 2 heterocycles. The molecule has 0 aliphatic carbocycles. The van der Waals surface area contributed by atoms with Crippen LogP contribution in [0.4, 0.5) is 5.82 Å². The number of aromatic nitrogens is 2. The van der Waals surface area contributed by atoms with Crippen molar-refractivity contribution in [2.75, 3.05) is 18.0 Å². The van der Waals surface area contributed by atoms with Gasteiger partial charge in [-0.05, 0) is 32.6 Å². The van der Waals surface area contributed by atoms with Crippen LogP contribution in [0.5, 0.6) is 0 Å². The Morgan fingerprint density at radius 3 is 3.00 bits per heavy atom. The summed E-state index contributed by atoms with van der Waals surface area (Å²) in [5.41, 5.74) is 6.52. The van der Waals surface area contributed by atoms with Crippen molar-refractivity contribution in [1.82, 2.24) is 14.9 Å². The predicted molar refractivity (Wildman–Crippen MR) is 81.5 cm³/mol. The van der Waals surface area contributed by atoms with Crippen molar-refractivity contribution < 1.29 is 4.79 Å². The molecule has 110 valence electrons. The summed E-state index contributed by atoms with van der Waals surface area (Å²) in [6.45, 7) is 4.91. The van der Waals surface area contributed by atoms with Crippen LogP contribution in [-0.4, -0.2) is 39.1 Å². The SMILES string of the molecule is CCC1CCCCN1C(=O)CSc1nc(C)cc(N)n1. The fraction of sp³-hybridized carbons (Fsp3) is 0.643. The van der Waals surface area contributed by atoms with Crippen LogP contribution in [0, 0.1) is 6.92 Å². The van der Waals surface area contributed by atoms with Crippen molar-refractivity contribution in [2.24, 2.45) is 0 Å². The number of likely N-dealkylation sites (tertiary alicyclic amines) is 1. The molecule has 1 aliphatic heterocycles. The Morgan fingerprint density at radius 2 is 2.30 bits per heavy atom. The smallest absolute Gasteiger partial charge is 0.233 e. The Labute approximate surface area is 124 Å². The molecule has 0 bridgehead atoms. The van der Waals surface area contributed by atoms with E-state index >= 15 is 0 Å². The lowest BCUT2D eigenvalue weighted by atomic mass is 10.0. The third-order valence-electron chi connectivity index (χ3n) is 3.60. The molecule has 1 aromatic rings. The number of hydrogen-bond donors (Lipinski definition) is 1. The van der Waals surface area contributed by atoms with Gasteiger partial charge >= 0.3 is 0 Å². The number of hydrogen-bond acceptors (Lipinski definition) is 5. The summed E-state index contributed by atoms with van der Waals surface area (Å²) < 4.78 is 0. The number of nitrogens with two attached hydrogens (primary N) is 1. The minimum atomic E-state index is 0.185. The zero-order valence-electron chi connectivity index (χ0n) is 12.1. The van der Waals surface area contributed by atoms with Gasteiger partial charge in [-0.3, -0.25) is 4.79 Å². The molecule has 6 heteroatoms. The van der Waals surface area contributed by atoms with E-state index in [1.807, 2.05) is 11.8 Å². The molecule has 0 aromatic carbocycles. The normalized spacial score (nSPS) is 19.1. The molecule has 1 unspecified atom stereocenters. The second-order valence-electron chi connectivity index (χ2n) is 5.15. The molecule has 5 nitrogen and oxygen atoms in total. The highest BCUT2D eigenvalue weighted by Crippen LogP contribution is 2.22. The van der Waals surface area contributed by atoms with Crippen LogP contribution in [0.1, 0.15) is 38.3 Å². The third kappa shape index (κ3) is 3.85. The zero-order valence-corrected chi connectivity index (χ0v) is 12.9. The van der Waals surface area contributed by atoms with Gasteiger partial charge in [0.25, 0.3) is 0 Å². The van der Waals surface area contributed by atoms with Crippen LogP contribution < -0.4 is 5.73 Å². The van der Waals surface area contributed by atoms with E-state index in [0.29, 0.717) is 22.8 Å². The molecule has 0 spiro atoms. The first-order valence-corrected chi connectivity index (χ1v) is 8.12. The van der Waals surface area contributed by atoms with Gasteiger partial charge < -0.3 is 10.6 Å². The minimum Gasteiger partial charge on any atom is -0.384 e. The number of carbonyl (C=O) groups excluding carboxylic acids is 1. The van der Waals surface area contributed by atoms with Crippen LogP contribution in [0.15, 0.2) is 11.2 Å². The number of aryl methyl sites for hydroxylation is 1. The van der Waals surface area contributed by atoms with Crippen LogP contribution in [0.3, 0.4) is 0 Å². The van der Waals surface area contributed by atoms with E-state index in [4.69, 9.17) is 5.73 Å². The van der Waals surface area contributed by atoms with E-state index in [-0.39, 0.29) is 5.91 Å². The summed E-state index contributed by atoms with van der Waals surface area (Å²) in [7, 11) is 0. The molecule has 1 amide bonds. The van der Waals surface area contributed by atoms with Crippen LogP contribution in [-0.2, 0) is 4.79 Å². The summed E-state index contributed by atoms with van der Waals surface area (Å²) in [4.78, 5) is 22.8. The maximum Gasteiger partial charge on any atom is 0.233 e. The highest BCUT2D eigenvalue weighted by Gasteiger charge is 2.25. The fourth-order valence-electron chi connectivity index (χ4n) is 2.59. The van der Waals surface area contributed by atoms with Gasteiger partial charge in [-0.2, -0.15) is 0 Å². The Balaban J connectivity index is 1.94. The molecule has 20 heavy (non-hydrogen) atoms. The first-order valence-electron chi connectivity index (χ1n) is 7.13. The molecular formula is C14H22N4OS. The molecule has 1 saturated heterocycles. The van der Waals surface area contributed by atoms with E-state index in [1.54, 1.807) is 6.07 Å². The largest absolute Gasteiger partial charge is 0.384 e. The minimum absolute atomic E-state index is 0.185. The summed E-state index contributed by atoms with van der Waals surface area (Å²) in [5, 5.41) is 0.584. The van der Waals surface area contributed by atoms with E-state index < -0.39 is 0 Å². The summed E-state index contributed by atoms with van der Waals surface area (Å²) in [5.74, 6) is 1.03. The summed E-state index contributed by atoms with van der Waals surface area (Å²) in [6.07, 6.45) is 4.50. The van der Waals surface area contributed by atoms with Gasteiger partial charge in [0.15, 0.2) is 5.16 Å². The number of carbonyl (C=O) groups is 1. The Hall–Kier alpha value is -1.30. The van der Waals surface area contributed by atoms with Crippen molar-refractivity contribution >= 4 is 23.5 Å². The van der Waals surface area contributed by atoms with E-state index in [9.17, 15) is 4.79 Å². The lowest BCUT2D eigenvalue weighted by Gasteiger charge is -2.35. The lowest BCUT2D eigenvalue weighted by Crippen LogP contribution is -2.44. The van der Waals surface area contributed by atoms with E-state index in [2.05, 4.69) is 16.9 Å². The Kier molecular flexibility index (Phi) is 5.23. The Bertz CT molecular complexity index is 460. The van der Waals surface area contributed by atoms with Crippen molar-refractivity contribution in [3.63, 3.8) is 0 Å². The lowest BCUT2D eigenvalue weighted by molar-refractivity contribution is -0.132. The van der Waals surface area contributed by atoms with Gasteiger partial charge in [-0.1, -0.05) is 18.7 Å². The molecule has 1 fully saturated rings. The van der Waals surface area contributed by atoms with Gasteiger partial charge in [0, 0.05) is 24.3 Å². The van der Waals surface area contributed by atoms with Gasteiger partial charge in [0.1, 0.15) is 5.82 Å². The van der Waals surface area contributed by atoms with Crippen molar-refractivity contribution in [2.45, 2.75) is 50.7 Å². The summed E-state index contributed by atoms with van der Waals surface area (Å²) >= 11 is 1.37. The number of nitrogens with zero attached hydrogens (tertiary/aromatic N) is 3. The van der Waals surface area contributed by atoms with Crippen molar-refractivity contribution in [3.8, 4) is 0 Å². The number of amides is 1. The fourth-order valence-corrected chi connectivity index (χ4v) is 3.39. The van der Waals surface area contributed by atoms with Crippen LogP contribution in [0.2, 0.25) is 0 Å². The molecule has 2 N–H and O–H groups in total. The molecule has 0 radical (unpaired) electrons. The number of piperidine rings is 1. The first-order chi connectivity index (χ1) is 9.60. The van der Waals surface area contributed by atoms with Crippen LogP contribution >= 0.6 is 11.8 Å². The third-order valence-corrected chi connectivity index (χ3v) is 4.43. The standard InChI is InChI=1S/C14H22N4OS/c1-3-11-6-4-5-7-18(11)13(19)9-20-14-16-10(2)8-12(15)17-14/h8,11H,3-7,9H2,1-2H3,(H2,15,16,17). The molecule has 1 aromatic heterocycles. The average molecular weight is 294 g/mol. The molecule has 0 saturated carbocycles. The molecular weight excluding hydrogens is 272 g/mol. The molecule has 1 aliphatic rings. The average Bonchev–Trinajstić information content (AvgIpc) is 2.43. The van der Waals surface area contributed by atoms with E-state index in [1.165, 1.54) is 18.2 Å². The topological polar surface area (TPSA) is 72.1 Å². The summed E-state index contributed by atoms with van der Waals surface area (Å²) in [6, 6.07) is 2.13. The van der Waals surface area contributed by atoms with Gasteiger partial charge in [-0.15, -0.1) is 0 Å². The predicted octanol–water partition coefficient (Wildman–Crippen LogP) is 2.25. The molecule has 1 atom stereocenters. The highest BCUT2D eigenvalue weighted by atomic mass is 32.2. The van der Waals surface area contributed by atoms with Crippen LogP contribution in [0.25, 0.3) is 0 Å². The Morgan fingerprint density at radius 1 is 1.50 bits per heavy atom. The second kappa shape index (κ2) is 6.92. The number of anilines is 1. The number of thioether (sulfide) groups is 1. The van der Waals surface area contributed by atoms with Gasteiger partial charge in [0.2, 0.25) is 5.91 Å². The maximum absolute atomic E-state index is 12.3. The quantitative estimate of drug-likeness (QED) is 0.681. The van der Waals surface area contributed by atoms with Crippen molar-refractivity contribution in [3.05, 3.63) is 11.8 Å². The molecule has 2 rings (SSSR count). The van der Waals surface area contributed by atoms with E-state index in [0.717, 1.165) is 31.5 Å². The zero-order chi connectivity index (χ0) is 14.5. The monoisotopic (exact) mass is 294 g/mol. The van der Waals surface area contributed by atoms with Gasteiger partial charge in [0.05, 0.1) is 5.75 Å². The number of nitrogen functional groups attached to an aromatic ring is 1. The first kappa shape index (κ1) is 15.1. The number of rotatable bonds is 4. The second-order valence-corrected chi connectivity index (χ2v) is 6.09.